The molecule has 20 heavy (non-hydrogen) atoms. The van der Waals surface area contributed by atoms with E-state index in [0.29, 0.717) is 5.69 Å². The second kappa shape index (κ2) is 5.66. The van der Waals surface area contributed by atoms with E-state index in [1.54, 1.807) is 12.4 Å². The lowest BCUT2D eigenvalue weighted by atomic mass is 10.1. The molecule has 1 amide bonds. The van der Waals surface area contributed by atoms with Crippen LogP contribution in [0.5, 0.6) is 0 Å². The SMILES string of the molecule is CC(NC(=O)c1cn2c(n1)CSCC2)c1cccnc1. The van der Waals surface area contributed by atoms with Crippen molar-refractivity contribution in [1.29, 1.82) is 0 Å². The zero-order chi connectivity index (χ0) is 13.9. The standard InChI is InChI=1S/C14H16N4OS/c1-10(11-3-2-4-15-7-11)16-14(19)12-8-18-5-6-20-9-13(18)17-12/h2-4,7-8,10H,5-6,9H2,1H3,(H,16,19). The molecule has 6 heteroatoms. The van der Waals surface area contributed by atoms with Crippen molar-refractivity contribution < 1.29 is 4.79 Å². The number of nitrogens with one attached hydrogen (secondary N) is 1. The minimum atomic E-state index is -0.131. The molecule has 0 aliphatic carbocycles. The van der Waals surface area contributed by atoms with Gasteiger partial charge in [-0.25, -0.2) is 4.98 Å². The summed E-state index contributed by atoms with van der Waals surface area (Å²) in [7, 11) is 0. The summed E-state index contributed by atoms with van der Waals surface area (Å²) in [5, 5.41) is 2.96. The number of fused-ring (bicyclic) bond motifs is 1. The number of hydrogen-bond donors (Lipinski definition) is 1. The molecule has 1 aliphatic rings. The average molecular weight is 288 g/mol. The third-order valence-electron chi connectivity index (χ3n) is 3.33. The van der Waals surface area contributed by atoms with Gasteiger partial charge >= 0.3 is 0 Å². The minimum absolute atomic E-state index is 0.0793. The van der Waals surface area contributed by atoms with Gasteiger partial charge in [-0.2, -0.15) is 11.8 Å². The number of carbonyl (C=O) groups excluding carboxylic acids is 1. The van der Waals surface area contributed by atoms with Crippen LogP contribution in [0.1, 0.15) is 34.8 Å². The van der Waals surface area contributed by atoms with E-state index in [4.69, 9.17) is 0 Å². The molecule has 2 aromatic rings. The molecule has 0 bridgehead atoms. The van der Waals surface area contributed by atoms with E-state index in [1.807, 2.05) is 37.0 Å². The lowest BCUT2D eigenvalue weighted by Crippen LogP contribution is -2.27. The second-order valence-electron chi connectivity index (χ2n) is 4.77. The molecule has 3 heterocycles. The van der Waals surface area contributed by atoms with E-state index in [2.05, 4.69) is 19.9 Å². The van der Waals surface area contributed by atoms with Gasteiger partial charge in [-0.15, -0.1) is 0 Å². The number of hydrogen-bond acceptors (Lipinski definition) is 4. The quantitative estimate of drug-likeness (QED) is 0.938. The van der Waals surface area contributed by atoms with Crippen LogP contribution in [0.4, 0.5) is 0 Å². The zero-order valence-corrected chi connectivity index (χ0v) is 12.1. The average Bonchev–Trinajstić information content (AvgIpc) is 2.92. The number of carbonyl (C=O) groups is 1. The predicted octanol–water partition coefficient (Wildman–Crippen LogP) is 2.02. The summed E-state index contributed by atoms with van der Waals surface area (Å²) in [5.74, 6) is 2.82. The first-order valence-electron chi connectivity index (χ1n) is 6.58. The van der Waals surface area contributed by atoms with Crippen molar-refractivity contribution in [3.8, 4) is 0 Å². The van der Waals surface area contributed by atoms with Crippen molar-refractivity contribution in [3.05, 3.63) is 47.8 Å². The lowest BCUT2D eigenvalue weighted by Gasteiger charge is -2.12. The van der Waals surface area contributed by atoms with Gasteiger partial charge in [-0.05, 0) is 18.6 Å². The molecule has 0 radical (unpaired) electrons. The Balaban J connectivity index is 1.71. The summed E-state index contributed by atoms with van der Waals surface area (Å²) < 4.78 is 2.07. The van der Waals surface area contributed by atoms with Gasteiger partial charge < -0.3 is 9.88 Å². The molecule has 1 aliphatic heterocycles. The number of nitrogens with zero attached hydrogens (tertiary/aromatic N) is 3. The van der Waals surface area contributed by atoms with E-state index in [0.717, 1.165) is 29.4 Å². The highest BCUT2D eigenvalue weighted by Gasteiger charge is 2.18. The fraction of sp³-hybridized carbons (Fsp3) is 0.357. The van der Waals surface area contributed by atoms with E-state index in [-0.39, 0.29) is 11.9 Å². The third-order valence-corrected chi connectivity index (χ3v) is 4.27. The van der Waals surface area contributed by atoms with Crippen LogP contribution in [0.15, 0.2) is 30.7 Å². The molecule has 0 saturated carbocycles. The highest BCUT2D eigenvalue weighted by atomic mass is 32.2. The Bertz CT molecular complexity index is 587. The van der Waals surface area contributed by atoms with E-state index >= 15 is 0 Å². The Kier molecular flexibility index (Phi) is 3.73. The maximum absolute atomic E-state index is 12.2. The highest BCUT2D eigenvalue weighted by molar-refractivity contribution is 7.98. The molecule has 1 unspecified atom stereocenters. The summed E-state index contributed by atoms with van der Waals surface area (Å²) >= 11 is 1.85. The van der Waals surface area contributed by atoms with Gasteiger partial charge in [-0.1, -0.05) is 6.07 Å². The molecule has 1 N–H and O–H groups in total. The Morgan fingerprint density at radius 2 is 2.45 bits per heavy atom. The van der Waals surface area contributed by atoms with Gasteiger partial charge in [-0.3, -0.25) is 9.78 Å². The first-order chi connectivity index (χ1) is 9.74. The van der Waals surface area contributed by atoms with Crippen molar-refractivity contribution in [2.75, 3.05) is 5.75 Å². The largest absolute Gasteiger partial charge is 0.344 e. The first kappa shape index (κ1) is 13.2. The molecular formula is C14H16N4OS. The Morgan fingerprint density at radius 1 is 1.55 bits per heavy atom. The fourth-order valence-electron chi connectivity index (χ4n) is 2.18. The van der Waals surface area contributed by atoms with Crippen LogP contribution in [-0.2, 0) is 12.3 Å². The van der Waals surface area contributed by atoms with Crippen molar-refractivity contribution in [3.63, 3.8) is 0 Å². The molecule has 104 valence electrons. The van der Waals surface area contributed by atoms with Gasteiger partial charge in [0.1, 0.15) is 11.5 Å². The van der Waals surface area contributed by atoms with Crippen molar-refractivity contribution in [1.82, 2.24) is 19.9 Å². The Labute approximate surface area is 121 Å². The lowest BCUT2D eigenvalue weighted by molar-refractivity contribution is 0.0935. The minimum Gasteiger partial charge on any atom is -0.344 e. The molecule has 2 aromatic heterocycles. The van der Waals surface area contributed by atoms with Crippen molar-refractivity contribution >= 4 is 17.7 Å². The number of aryl methyl sites for hydroxylation is 1. The van der Waals surface area contributed by atoms with Crippen LogP contribution >= 0.6 is 11.8 Å². The maximum Gasteiger partial charge on any atom is 0.271 e. The molecule has 0 fully saturated rings. The highest BCUT2D eigenvalue weighted by Crippen LogP contribution is 2.19. The summed E-state index contributed by atoms with van der Waals surface area (Å²) in [5.41, 5.74) is 1.48. The van der Waals surface area contributed by atoms with Gasteiger partial charge in [0.2, 0.25) is 0 Å². The summed E-state index contributed by atoms with van der Waals surface area (Å²) in [6.07, 6.45) is 5.33. The molecule has 5 nitrogen and oxygen atoms in total. The van der Waals surface area contributed by atoms with Crippen molar-refractivity contribution in [2.24, 2.45) is 0 Å². The number of amides is 1. The molecule has 3 rings (SSSR count). The molecule has 0 spiro atoms. The fourth-order valence-corrected chi connectivity index (χ4v) is 3.07. The van der Waals surface area contributed by atoms with Crippen LogP contribution in [0.25, 0.3) is 0 Å². The monoisotopic (exact) mass is 288 g/mol. The molecule has 0 aromatic carbocycles. The van der Waals surface area contributed by atoms with Crippen LogP contribution < -0.4 is 5.32 Å². The Morgan fingerprint density at radius 3 is 3.20 bits per heavy atom. The number of imidazole rings is 1. The number of pyridine rings is 1. The van der Waals surface area contributed by atoms with E-state index in [9.17, 15) is 4.79 Å². The summed E-state index contributed by atoms with van der Waals surface area (Å²) in [6.45, 7) is 2.87. The maximum atomic E-state index is 12.2. The normalized spacial score (nSPS) is 15.4. The molecular weight excluding hydrogens is 272 g/mol. The Hall–Kier alpha value is -1.82. The van der Waals surface area contributed by atoms with Gasteiger partial charge in [0, 0.05) is 30.9 Å². The van der Waals surface area contributed by atoms with Gasteiger partial charge in [0.25, 0.3) is 5.91 Å². The number of aromatic nitrogens is 3. The van der Waals surface area contributed by atoms with Crippen LogP contribution in [0, 0.1) is 0 Å². The number of thioether (sulfide) groups is 1. The third kappa shape index (κ3) is 2.70. The molecule has 0 saturated heterocycles. The molecule has 1 atom stereocenters. The second-order valence-corrected chi connectivity index (χ2v) is 5.88. The topological polar surface area (TPSA) is 59.8 Å². The van der Waals surface area contributed by atoms with Crippen molar-refractivity contribution in [2.45, 2.75) is 25.3 Å². The predicted molar refractivity (Wildman–Crippen MR) is 78.5 cm³/mol. The summed E-state index contributed by atoms with van der Waals surface area (Å²) in [6, 6.07) is 3.74. The summed E-state index contributed by atoms with van der Waals surface area (Å²) in [4.78, 5) is 20.7. The van der Waals surface area contributed by atoms with E-state index < -0.39 is 0 Å². The van der Waals surface area contributed by atoms with Gasteiger partial charge in [0.05, 0.1) is 11.8 Å². The van der Waals surface area contributed by atoms with Crippen LogP contribution in [0.2, 0.25) is 0 Å². The van der Waals surface area contributed by atoms with Gasteiger partial charge in [0.15, 0.2) is 0 Å². The number of rotatable bonds is 3. The smallest absolute Gasteiger partial charge is 0.271 e. The first-order valence-corrected chi connectivity index (χ1v) is 7.74. The zero-order valence-electron chi connectivity index (χ0n) is 11.2. The van der Waals surface area contributed by atoms with Crippen LogP contribution in [0.3, 0.4) is 0 Å². The van der Waals surface area contributed by atoms with Crippen LogP contribution in [-0.4, -0.2) is 26.2 Å². The van der Waals surface area contributed by atoms with E-state index in [1.165, 1.54) is 0 Å².